The van der Waals surface area contributed by atoms with Crippen LogP contribution in [0, 0.1) is 11.8 Å². The summed E-state index contributed by atoms with van der Waals surface area (Å²) in [6.07, 6.45) is 10.9. The molecule has 0 heterocycles. The lowest BCUT2D eigenvalue weighted by molar-refractivity contribution is -0.116. The van der Waals surface area contributed by atoms with Crippen molar-refractivity contribution < 1.29 is 29.6 Å². The highest BCUT2D eigenvalue weighted by Crippen LogP contribution is 2.34. The van der Waals surface area contributed by atoms with Crippen molar-refractivity contribution in [3.63, 3.8) is 0 Å². The van der Waals surface area contributed by atoms with Gasteiger partial charge in [0, 0.05) is 18.4 Å². The number of aliphatic hydroxyl groups is 2. The van der Waals surface area contributed by atoms with Crippen LogP contribution >= 0.6 is 0 Å². The van der Waals surface area contributed by atoms with Crippen LogP contribution in [0.5, 0.6) is 11.5 Å². The largest absolute Gasteiger partial charge is 0.508 e. The zero-order valence-electron chi connectivity index (χ0n) is 23.5. The van der Waals surface area contributed by atoms with Crippen LogP contribution in [0.2, 0.25) is 0 Å². The van der Waals surface area contributed by atoms with Crippen molar-refractivity contribution in [2.24, 2.45) is 11.8 Å². The first-order valence-corrected chi connectivity index (χ1v) is 13.4. The number of rotatable bonds is 11. The fourth-order valence-corrected chi connectivity index (χ4v) is 4.60. The maximum Gasteiger partial charge on any atom is 0.182 e. The van der Waals surface area contributed by atoms with Gasteiger partial charge in [0.2, 0.25) is 0 Å². The third kappa shape index (κ3) is 9.54. The number of ether oxygens (including phenoxy) is 1. The van der Waals surface area contributed by atoms with Gasteiger partial charge in [0.05, 0.1) is 6.10 Å². The van der Waals surface area contributed by atoms with Gasteiger partial charge in [-0.1, -0.05) is 48.9 Å². The summed E-state index contributed by atoms with van der Waals surface area (Å²) < 4.78 is 6.31. The predicted octanol–water partition coefficient (Wildman–Crippen LogP) is 6.77. The molecule has 210 valence electrons. The summed E-state index contributed by atoms with van der Waals surface area (Å²) in [4.78, 5) is 24.5. The van der Waals surface area contributed by atoms with Crippen molar-refractivity contribution in [2.75, 3.05) is 0 Å². The summed E-state index contributed by atoms with van der Waals surface area (Å²) >= 11 is 0. The quantitative estimate of drug-likeness (QED) is 0.125. The Bertz CT molecular complexity index is 1320. The van der Waals surface area contributed by atoms with E-state index in [4.69, 9.17) is 4.74 Å². The van der Waals surface area contributed by atoms with Crippen LogP contribution in [0.3, 0.4) is 0 Å². The van der Waals surface area contributed by atoms with E-state index in [0.717, 1.165) is 28.3 Å². The van der Waals surface area contributed by atoms with Crippen LogP contribution in [-0.2, 0) is 9.59 Å². The smallest absolute Gasteiger partial charge is 0.182 e. The minimum atomic E-state index is -0.547. The highest BCUT2D eigenvalue weighted by Gasteiger charge is 2.34. The first-order valence-electron chi connectivity index (χ1n) is 13.4. The minimum Gasteiger partial charge on any atom is -0.508 e. The molecule has 3 N–H and O–H groups in total. The van der Waals surface area contributed by atoms with E-state index in [1.807, 2.05) is 58.0 Å². The summed E-state index contributed by atoms with van der Waals surface area (Å²) in [5, 5.41) is 29.9. The Kier molecular flexibility index (Phi) is 10.9. The van der Waals surface area contributed by atoms with E-state index in [9.17, 15) is 24.9 Å². The van der Waals surface area contributed by atoms with E-state index in [-0.39, 0.29) is 41.0 Å². The molecule has 6 nitrogen and oxygen atoms in total. The van der Waals surface area contributed by atoms with Gasteiger partial charge in [0.1, 0.15) is 23.4 Å². The third-order valence-electron chi connectivity index (χ3n) is 6.80. The van der Waals surface area contributed by atoms with Gasteiger partial charge >= 0.3 is 0 Å². The van der Waals surface area contributed by atoms with Crippen LogP contribution in [-0.4, -0.2) is 39.1 Å². The molecule has 1 aliphatic rings. The normalized spacial score (nSPS) is 20.3. The van der Waals surface area contributed by atoms with E-state index in [1.165, 1.54) is 24.3 Å². The van der Waals surface area contributed by atoms with Gasteiger partial charge < -0.3 is 20.1 Å². The summed E-state index contributed by atoms with van der Waals surface area (Å²) in [5.74, 6) is 0.347. The second kappa shape index (κ2) is 14.3. The molecule has 2 aromatic carbocycles. The van der Waals surface area contributed by atoms with Gasteiger partial charge in [-0.2, -0.15) is 0 Å². The number of phenols is 1. The zero-order chi connectivity index (χ0) is 29.2. The number of hydrogen-bond acceptors (Lipinski definition) is 6. The van der Waals surface area contributed by atoms with E-state index in [1.54, 1.807) is 30.4 Å². The molecule has 0 spiro atoms. The molecule has 4 atom stereocenters. The van der Waals surface area contributed by atoms with Gasteiger partial charge in [0.25, 0.3) is 0 Å². The highest BCUT2D eigenvalue weighted by molar-refractivity contribution is 6.02. The summed E-state index contributed by atoms with van der Waals surface area (Å²) in [6.45, 7) is 7.72. The van der Waals surface area contributed by atoms with Gasteiger partial charge in [-0.15, -0.1) is 0 Å². The number of aromatic hydroxyl groups is 1. The van der Waals surface area contributed by atoms with Crippen molar-refractivity contribution in [1.82, 2.24) is 0 Å². The van der Waals surface area contributed by atoms with E-state index < -0.39 is 6.10 Å². The van der Waals surface area contributed by atoms with Gasteiger partial charge in [0.15, 0.2) is 11.6 Å². The maximum atomic E-state index is 12.4. The molecule has 2 aromatic rings. The van der Waals surface area contributed by atoms with Crippen molar-refractivity contribution in [3.8, 4) is 11.5 Å². The number of benzene rings is 2. The zero-order valence-corrected chi connectivity index (χ0v) is 23.5. The molecule has 0 aliphatic heterocycles. The number of allylic oxidation sites excluding steroid dienone is 5. The molecular formula is C34H38O6. The molecule has 0 bridgehead atoms. The van der Waals surface area contributed by atoms with Crippen LogP contribution in [0.1, 0.15) is 51.7 Å². The van der Waals surface area contributed by atoms with Crippen molar-refractivity contribution in [3.05, 3.63) is 107 Å². The van der Waals surface area contributed by atoms with Crippen molar-refractivity contribution in [1.29, 1.82) is 0 Å². The topological polar surface area (TPSA) is 104 Å². The third-order valence-corrected chi connectivity index (χ3v) is 6.80. The number of hydrogen-bond donors (Lipinski definition) is 3. The lowest BCUT2D eigenvalue weighted by Gasteiger charge is -2.36. The number of phenolic OH excluding ortho intramolecular Hbond substituents is 1. The summed E-state index contributed by atoms with van der Waals surface area (Å²) in [5.41, 5.74) is 3.39. The summed E-state index contributed by atoms with van der Waals surface area (Å²) in [6, 6.07) is 13.8. The molecule has 6 heteroatoms. The standard InChI is InChI=1S/C34H38O6/c1-22(2)17-30(38)18-23(3)32-21-33(39)24(4)19-34(32)40-31-15-9-26(10-16-31)8-14-29(37)20-28(36)13-7-25-5-11-27(35)12-6-25/h5-17,19-20,23,32-35,37,39H,18,21H2,1-4H3/b13-7+,14-8+,29-20-/t23-,32+,33-,34-/m0/s1. The monoisotopic (exact) mass is 542 g/mol. The maximum absolute atomic E-state index is 12.4. The first kappa shape index (κ1) is 30.4. The van der Waals surface area contributed by atoms with Crippen LogP contribution in [0.4, 0.5) is 0 Å². The van der Waals surface area contributed by atoms with Crippen LogP contribution in [0.15, 0.2) is 95.8 Å². The molecule has 0 radical (unpaired) electrons. The van der Waals surface area contributed by atoms with E-state index in [0.29, 0.717) is 18.6 Å². The minimum absolute atomic E-state index is 0.0181. The van der Waals surface area contributed by atoms with Crippen molar-refractivity contribution >= 4 is 23.7 Å². The molecule has 40 heavy (non-hydrogen) atoms. The lowest BCUT2D eigenvalue weighted by atomic mass is 9.76. The number of ketones is 2. The SMILES string of the molecule is CC(C)=CC(=O)C[C@H](C)[C@H]1C[C@H](O)C(C)=C[C@@H]1Oc1ccc(/C=C/C(O)=C/C(=O)/C=C/c2ccc(O)cc2)cc1. The molecule has 0 unspecified atom stereocenters. The molecule has 0 saturated carbocycles. The second-order valence-electron chi connectivity index (χ2n) is 10.6. The fourth-order valence-electron chi connectivity index (χ4n) is 4.60. The lowest BCUT2D eigenvalue weighted by Crippen LogP contribution is -2.38. The first-order chi connectivity index (χ1) is 19.0. The highest BCUT2D eigenvalue weighted by atomic mass is 16.5. The molecule has 0 aromatic heterocycles. The molecule has 3 rings (SSSR count). The molecule has 0 fully saturated rings. The molecule has 0 saturated heterocycles. The van der Waals surface area contributed by atoms with Crippen molar-refractivity contribution in [2.45, 2.75) is 52.7 Å². The van der Waals surface area contributed by atoms with Gasteiger partial charge in [-0.05, 0) is 98.4 Å². The van der Waals surface area contributed by atoms with E-state index >= 15 is 0 Å². The van der Waals surface area contributed by atoms with Gasteiger partial charge in [-0.3, -0.25) is 9.59 Å². The Hall–Kier alpha value is -4.16. The average Bonchev–Trinajstić information content (AvgIpc) is 2.89. The Labute approximate surface area is 236 Å². The number of carbonyl (C=O) groups excluding carboxylic acids is 2. The molecule has 1 aliphatic carbocycles. The van der Waals surface area contributed by atoms with E-state index in [2.05, 4.69) is 0 Å². The predicted molar refractivity (Wildman–Crippen MR) is 159 cm³/mol. The van der Waals surface area contributed by atoms with Crippen LogP contribution in [0.25, 0.3) is 12.2 Å². The number of aliphatic hydroxyl groups excluding tert-OH is 2. The fraction of sp³-hybridized carbons (Fsp3) is 0.294. The molecular weight excluding hydrogens is 504 g/mol. The van der Waals surface area contributed by atoms with Gasteiger partial charge in [-0.25, -0.2) is 0 Å². The molecule has 0 amide bonds. The Morgan fingerprint density at radius 2 is 1.57 bits per heavy atom. The average molecular weight is 543 g/mol. The number of carbonyl (C=O) groups is 2. The Balaban J connectivity index is 1.62. The summed E-state index contributed by atoms with van der Waals surface area (Å²) in [7, 11) is 0. The Morgan fingerprint density at radius 1 is 0.975 bits per heavy atom. The Morgan fingerprint density at radius 3 is 2.20 bits per heavy atom. The van der Waals surface area contributed by atoms with Crippen LogP contribution < -0.4 is 4.74 Å². The second-order valence-corrected chi connectivity index (χ2v) is 10.6.